The van der Waals surface area contributed by atoms with Crippen molar-refractivity contribution in [1.82, 2.24) is 0 Å². The minimum absolute atomic E-state index is 0.154. The molecule has 0 aromatic heterocycles. The molecule has 0 aliphatic rings. The fraction of sp³-hybridized carbons (Fsp3) is 0.385. The van der Waals surface area contributed by atoms with Crippen LogP contribution < -0.4 is 5.73 Å². The molecule has 2 N–H and O–H groups in total. The Morgan fingerprint density at radius 3 is 2.68 bits per heavy atom. The molecule has 104 valence electrons. The SMILES string of the molecule is COC(=O)C(C)CSCc1ccc(C(N)=O)cc1Cl. The molecule has 1 aromatic rings. The zero-order valence-corrected chi connectivity index (χ0v) is 12.4. The summed E-state index contributed by atoms with van der Waals surface area (Å²) in [5.41, 5.74) is 6.47. The van der Waals surface area contributed by atoms with E-state index in [1.807, 2.05) is 6.92 Å². The normalized spacial score (nSPS) is 11.9. The van der Waals surface area contributed by atoms with Crippen molar-refractivity contribution in [1.29, 1.82) is 0 Å². The molecular formula is C13H16ClNO3S. The van der Waals surface area contributed by atoms with Crippen molar-refractivity contribution >= 4 is 35.2 Å². The third kappa shape index (κ3) is 4.76. The standard InChI is InChI=1S/C13H16ClNO3S/c1-8(13(17)18-2)6-19-7-10-4-3-9(12(15)16)5-11(10)14/h3-5,8H,6-7H2,1-2H3,(H2,15,16). The molecule has 6 heteroatoms. The summed E-state index contributed by atoms with van der Waals surface area (Å²) in [4.78, 5) is 22.2. The van der Waals surface area contributed by atoms with Crippen LogP contribution in [0, 0.1) is 5.92 Å². The number of methoxy groups -OCH3 is 1. The number of hydrogen-bond donors (Lipinski definition) is 1. The van der Waals surface area contributed by atoms with E-state index in [4.69, 9.17) is 17.3 Å². The molecule has 19 heavy (non-hydrogen) atoms. The second kappa shape index (κ2) is 7.40. The first kappa shape index (κ1) is 15.9. The molecule has 0 saturated heterocycles. The van der Waals surface area contributed by atoms with Crippen molar-refractivity contribution in [2.24, 2.45) is 11.7 Å². The second-order valence-corrected chi connectivity index (χ2v) is 5.55. The van der Waals surface area contributed by atoms with Gasteiger partial charge in [-0.2, -0.15) is 11.8 Å². The molecule has 0 aliphatic heterocycles. The molecule has 0 spiro atoms. The Morgan fingerprint density at radius 2 is 2.16 bits per heavy atom. The summed E-state index contributed by atoms with van der Waals surface area (Å²) < 4.78 is 4.65. The van der Waals surface area contributed by atoms with Gasteiger partial charge in [0.1, 0.15) is 0 Å². The summed E-state index contributed by atoms with van der Waals surface area (Å²) in [6.45, 7) is 1.82. The first-order chi connectivity index (χ1) is 8.95. The average Bonchev–Trinajstić information content (AvgIpc) is 2.39. The Bertz CT molecular complexity index is 479. The molecule has 0 bridgehead atoms. The van der Waals surface area contributed by atoms with Crippen molar-refractivity contribution in [3.8, 4) is 0 Å². The molecule has 1 amide bonds. The van der Waals surface area contributed by atoms with Crippen LogP contribution in [0.2, 0.25) is 5.02 Å². The van der Waals surface area contributed by atoms with Gasteiger partial charge in [-0.15, -0.1) is 0 Å². The lowest BCUT2D eigenvalue weighted by Crippen LogP contribution is -2.15. The van der Waals surface area contributed by atoms with E-state index in [-0.39, 0.29) is 11.9 Å². The summed E-state index contributed by atoms with van der Waals surface area (Å²) in [5.74, 6) is 0.446. The summed E-state index contributed by atoms with van der Waals surface area (Å²) in [6, 6.07) is 4.98. The van der Waals surface area contributed by atoms with Crippen LogP contribution in [-0.2, 0) is 15.3 Å². The van der Waals surface area contributed by atoms with E-state index in [0.29, 0.717) is 22.1 Å². The number of esters is 1. The van der Waals surface area contributed by atoms with Crippen molar-refractivity contribution in [2.45, 2.75) is 12.7 Å². The second-order valence-electron chi connectivity index (χ2n) is 4.11. The van der Waals surface area contributed by atoms with E-state index in [1.165, 1.54) is 7.11 Å². The highest BCUT2D eigenvalue weighted by atomic mass is 35.5. The van der Waals surface area contributed by atoms with Crippen LogP contribution >= 0.6 is 23.4 Å². The van der Waals surface area contributed by atoms with Gasteiger partial charge in [0.05, 0.1) is 13.0 Å². The smallest absolute Gasteiger partial charge is 0.309 e. The number of benzene rings is 1. The van der Waals surface area contributed by atoms with Gasteiger partial charge in [-0.05, 0) is 17.7 Å². The lowest BCUT2D eigenvalue weighted by Gasteiger charge is -2.09. The van der Waals surface area contributed by atoms with Crippen LogP contribution in [0.1, 0.15) is 22.8 Å². The lowest BCUT2D eigenvalue weighted by atomic mass is 10.1. The topological polar surface area (TPSA) is 69.4 Å². The van der Waals surface area contributed by atoms with Gasteiger partial charge in [0, 0.05) is 22.1 Å². The number of amides is 1. The van der Waals surface area contributed by atoms with Gasteiger partial charge in [-0.3, -0.25) is 9.59 Å². The van der Waals surface area contributed by atoms with Crippen LogP contribution in [-0.4, -0.2) is 24.7 Å². The Labute approximate surface area is 121 Å². The number of nitrogens with two attached hydrogens (primary N) is 1. The van der Waals surface area contributed by atoms with Gasteiger partial charge in [-0.25, -0.2) is 0 Å². The highest BCUT2D eigenvalue weighted by molar-refractivity contribution is 7.98. The molecule has 1 rings (SSSR count). The van der Waals surface area contributed by atoms with E-state index < -0.39 is 5.91 Å². The number of rotatable bonds is 6. The van der Waals surface area contributed by atoms with Gasteiger partial charge in [0.15, 0.2) is 0 Å². The fourth-order valence-electron chi connectivity index (χ4n) is 1.43. The van der Waals surface area contributed by atoms with Gasteiger partial charge >= 0.3 is 5.97 Å². The van der Waals surface area contributed by atoms with Crippen LogP contribution in [0.25, 0.3) is 0 Å². The summed E-state index contributed by atoms with van der Waals surface area (Å²) in [7, 11) is 1.38. The Balaban J connectivity index is 2.54. The van der Waals surface area contributed by atoms with E-state index in [0.717, 1.165) is 5.56 Å². The minimum Gasteiger partial charge on any atom is -0.469 e. The van der Waals surface area contributed by atoms with E-state index in [1.54, 1.807) is 30.0 Å². The van der Waals surface area contributed by atoms with E-state index >= 15 is 0 Å². The summed E-state index contributed by atoms with van der Waals surface area (Å²) in [5, 5.41) is 0.509. The quantitative estimate of drug-likeness (QED) is 0.820. The minimum atomic E-state index is -0.500. The van der Waals surface area contributed by atoms with Crippen LogP contribution in [0.4, 0.5) is 0 Å². The molecular weight excluding hydrogens is 286 g/mol. The maximum atomic E-state index is 11.2. The molecule has 4 nitrogen and oxygen atoms in total. The molecule has 0 fully saturated rings. The molecule has 1 aromatic carbocycles. The van der Waals surface area contributed by atoms with Crippen molar-refractivity contribution in [3.63, 3.8) is 0 Å². The van der Waals surface area contributed by atoms with Crippen LogP contribution in [0.5, 0.6) is 0 Å². The van der Waals surface area contributed by atoms with Gasteiger partial charge in [0.2, 0.25) is 5.91 Å². The lowest BCUT2D eigenvalue weighted by molar-refractivity contribution is -0.143. The van der Waals surface area contributed by atoms with Crippen LogP contribution in [0.3, 0.4) is 0 Å². The Morgan fingerprint density at radius 1 is 1.47 bits per heavy atom. The highest BCUT2D eigenvalue weighted by Gasteiger charge is 2.13. The first-order valence-electron chi connectivity index (χ1n) is 5.69. The van der Waals surface area contributed by atoms with Crippen molar-refractivity contribution < 1.29 is 14.3 Å². The molecule has 0 radical (unpaired) electrons. The number of halogens is 1. The number of ether oxygens (including phenoxy) is 1. The molecule has 0 heterocycles. The van der Waals surface area contributed by atoms with Gasteiger partial charge in [0.25, 0.3) is 0 Å². The Hall–Kier alpha value is -1.20. The predicted molar refractivity (Wildman–Crippen MR) is 77.3 cm³/mol. The fourth-order valence-corrected chi connectivity index (χ4v) is 2.84. The van der Waals surface area contributed by atoms with E-state index in [9.17, 15) is 9.59 Å². The summed E-state index contributed by atoms with van der Waals surface area (Å²) >= 11 is 7.65. The van der Waals surface area contributed by atoms with Gasteiger partial charge in [-0.1, -0.05) is 24.6 Å². The largest absolute Gasteiger partial charge is 0.469 e. The highest BCUT2D eigenvalue weighted by Crippen LogP contribution is 2.23. The molecule has 0 saturated carbocycles. The molecule has 1 unspecified atom stereocenters. The van der Waals surface area contributed by atoms with Crippen molar-refractivity contribution in [2.75, 3.05) is 12.9 Å². The zero-order chi connectivity index (χ0) is 14.4. The predicted octanol–water partition coefficient (Wildman–Crippen LogP) is 2.48. The Kier molecular flexibility index (Phi) is 6.18. The van der Waals surface area contributed by atoms with Crippen LogP contribution in [0.15, 0.2) is 18.2 Å². The van der Waals surface area contributed by atoms with E-state index in [2.05, 4.69) is 4.74 Å². The van der Waals surface area contributed by atoms with Gasteiger partial charge < -0.3 is 10.5 Å². The maximum absolute atomic E-state index is 11.2. The number of primary amides is 1. The number of carbonyl (C=O) groups excluding carboxylic acids is 2. The third-order valence-electron chi connectivity index (χ3n) is 2.57. The first-order valence-corrected chi connectivity index (χ1v) is 7.22. The molecule has 0 aliphatic carbocycles. The number of thioether (sulfide) groups is 1. The zero-order valence-electron chi connectivity index (χ0n) is 10.8. The summed E-state index contributed by atoms with van der Waals surface area (Å²) in [6.07, 6.45) is 0. The maximum Gasteiger partial charge on any atom is 0.309 e. The molecule has 1 atom stereocenters. The number of carbonyl (C=O) groups is 2. The number of hydrogen-bond acceptors (Lipinski definition) is 4. The third-order valence-corrected chi connectivity index (χ3v) is 4.17. The monoisotopic (exact) mass is 301 g/mol. The average molecular weight is 302 g/mol. The van der Waals surface area contributed by atoms with Crippen molar-refractivity contribution in [3.05, 3.63) is 34.3 Å².